The molecule has 3 nitrogen and oxygen atoms in total. The Morgan fingerprint density at radius 1 is 1.29 bits per heavy atom. The summed E-state index contributed by atoms with van der Waals surface area (Å²) in [6, 6.07) is 7.53. The molecule has 1 aliphatic heterocycles. The van der Waals surface area contributed by atoms with Crippen LogP contribution in [0.3, 0.4) is 0 Å². The van der Waals surface area contributed by atoms with Crippen LogP contribution in [0.1, 0.15) is 26.4 Å². The van der Waals surface area contributed by atoms with E-state index in [1.54, 1.807) is 6.07 Å². The number of carbonyl (C=O) groups is 2. The van der Waals surface area contributed by atoms with Gasteiger partial charge in [0.2, 0.25) is 0 Å². The van der Waals surface area contributed by atoms with Crippen molar-refractivity contribution in [2.45, 2.75) is 13.8 Å². The summed E-state index contributed by atoms with van der Waals surface area (Å²) >= 11 is 4.70. The number of nitrogens with one attached hydrogen (secondary N) is 1. The van der Waals surface area contributed by atoms with Crippen LogP contribution in [0.4, 0.5) is 5.69 Å². The number of fused-ring (bicyclic) bond motifs is 1. The van der Waals surface area contributed by atoms with E-state index in [0.29, 0.717) is 10.5 Å². The van der Waals surface area contributed by atoms with Crippen molar-refractivity contribution in [2.24, 2.45) is 0 Å². The Balaban J connectivity index is 2.06. The average molecular weight is 362 g/mol. The Hall–Kier alpha value is -1.72. The molecule has 5 heteroatoms. The van der Waals surface area contributed by atoms with Gasteiger partial charge in [0.05, 0.1) is 19.9 Å². The second-order valence-corrected chi connectivity index (χ2v) is 7.45. The molecule has 106 valence electrons. The predicted octanol–water partition coefficient (Wildman–Crippen LogP) is 4.35. The lowest BCUT2D eigenvalue weighted by Crippen LogP contribution is -2.05. The summed E-state index contributed by atoms with van der Waals surface area (Å²) in [6.07, 6.45) is 1.43. The smallest absolute Gasteiger partial charge is 0.256 e. The minimum atomic E-state index is -0.220. The maximum Gasteiger partial charge on any atom is 0.256 e. The van der Waals surface area contributed by atoms with E-state index in [9.17, 15) is 9.59 Å². The molecule has 1 N–H and O–H groups in total. The maximum absolute atomic E-state index is 12.3. The summed E-state index contributed by atoms with van der Waals surface area (Å²) in [5, 5.41) is 2.84. The van der Waals surface area contributed by atoms with Crippen LogP contribution >= 0.6 is 27.3 Å². The molecule has 0 atom stereocenters. The Morgan fingerprint density at radius 3 is 2.71 bits per heavy atom. The lowest BCUT2D eigenvalue weighted by Gasteiger charge is -2.04. The molecule has 0 unspecified atom stereocenters. The third-order valence-electron chi connectivity index (χ3n) is 3.34. The zero-order valence-corrected chi connectivity index (χ0v) is 13.9. The molecule has 0 aliphatic carbocycles. The van der Waals surface area contributed by atoms with Gasteiger partial charge in [0.25, 0.3) is 5.91 Å². The number of aryl methyl sites for hydroxylation is 2. The van der Waals surface area contributed by atoms with Crippen LogP contribution in [0, 0.1) is 13.8 Å². The molecular formula is C16H12BrNO2S. The van der Waals surface area contributed by atoms with Crippen LogP contribution in [0.15, 0.2) is 34.1 Å². The summed E-state index contributed by atoms with van der Waals surface area (Å²) in [7, 11) is 0. The SMILES string of the molecule is Cc1cc(C)c2c(c1)C(=CC(=O)c1ccc(Br)s1)C(=O)N2. The molecule has 21 heavy (non-hydrogen) atoms. The summed E-state index contributed by atoms with van der Waals surface area (Å²) in [5.74, 6) is -0.370. The number of thiophene rings is 1. The van der Waals surface area contributed by atoms with Crippen LogP contribution in [0.25, 0.3) is 5.57 Å². The van der Waals surface area contributed by atoms with Gasteiger partial charge >= 0.3 is 0 Å². The summed E-state index contributed by atoms with van der Waals surface area (Å²) < 4.78 is 0.896. The molecule has 2 heterocycles. The van der Waals surface area contributed by atoms with E-state index in [-0.39, 0.29) is 11.7 Å². The van der Waals surface area contributed by atoms with E-state index >= 15 is 0 Å². The molecule has 0 radical (unpaired) electrons. The van der Waals surface area contributed by atoms with Gasteiger partial charge in [-0.05, 0) is 53.5 Å². The zero-order valence-electron chi connectivity index (χ0n) is 11.5. The van der Waals surface area contributed by atoms with Gasteiger partial charge in [-0.1, -0.05) is 11.6 Å². The largest absolute Gasteiger partial charge is 0.321 e. The molecule has 1 aromatic heterocycles. The summed E-state index contributed by atoms with van der Waals surface area (Å²) in [5.41, 5.74) is 4.12. The number of rotatable bonds is 2. The first-order chi connectivity index (χ1) is 9.95. The van der Waals surface area contributed by atoms with Gasteiger partial charge in [0, 0.05) is 11.6 Å². The number of amides is 1. The van der Waals surface area contributed by atoms with Gasteiger partial charge in [0.15, 0.2) is 5.78 Å². The van der Waals surface area contributed by atoms with Gasteiger partial charge in [-0.2, -0.15) is 0 Å². The van der Waals surface area contributed by atoms with Crippen molar-refractivity contribution < 1.29 is 9.59 Å². The molecule has 3 rings (SSSR count). The highest BCUT2D eigenvalue weighted by Crippen LogP contribution is 2.35. The highest BCUT2D eigenvalue weighted by molar-refractivity contribution is 9.11. The van der Waals surface area contributed by atoms with Crippen LogP contribution in [-0.2, 0) is 4.79 Å². The van der Waals surface area contributed by atoms with Crippen molar-refractivity contribution in [3.05, 3.63) is 55.7 Å². The molecule has 0 fully saturated rings. The van der Waals surface area contributed by atoms with Crippen LogP contribution in [-0.4, -0.2) is 11.7 Å². The number of hydrogen-bond donors (Lipinski definition) is 1. The van der Waals surface area contributed by atoms with Gasteiger partial charge in [0.1, 0.15) is 0 Å². The van der Waals surface area contributed by atoms with E-state index in [4.69, 9.17) is 0 Å². The zero-order chi connectivity index (χ0) is 15.1. The van der Waals surface area contributed by atoms with Crippen molar-refractivity contribution >= 4 is 50.2 Å². The van der Waals surface area contributed by atoms with Crippen molar-refractivity contribution in [3.8, 4) is 0 Å². The molecule has 0 bridgehead atoms. The minimum absolute atomic E-state index is 0.150. The molecule has 1 aliphatic rings. The molecule has 0 saturated carbocycles. The number of hydrogen-bond acceptors (Lipinski definition) is 3. The second-order valence-electron chi connectivity index (χ2n) is 4.98. The molecule has 1 amide bonds. The van der Waals surface area contributed by atoms with Gasteiger partial charge < -0.3 is 5.32 Å². The van der Waals surface area contributed by atoms with Crippen LogP contribution in [0.5, 0.6) is 0 Å². The van der Waals surface area contributed by atoms with Crippen molar-refractivity contribution in [3.63, 3.8) is 0 Å². The van der Waals surface area contributed by atoms with E-state index in [1.807, 2.05) is 32.0 Å². The number of ketones is 1. The maximum atomic E-state index is 12.3. The highest BCUT2D eigenvalue weighted by Gasteiger charge is 2.26. The number of carbonyl (C=O) groups excluding carboxylic acids is 2. The van der Waals surface area contributed by atoms with Crippen molar-refractivity contribution in [1.29, 1.82) is 0 Å². The summed E-state index contributed by atoms with van der Waals surface area (Å²) in [6.45, 7) is 3.93. The second kappa shape index (κ2) is 5.24. The fourth-order valence-electron chi connectivity index (χ4n) is 2.44. The number of allylic oxidation sites excluding steroid dienone is 1. The molecule has 1 aromatic carbocycles. The monoisotopic (exact) mass is 361 g/mol. The normalized spacial score (nSPS) is 15.2. The highest BCUT2D eigenvalue weighted by atomic mass is 79.9. The fourth-order valence-corrected chi connectivity index (χ4v) is 3.74. The Kier molecular flexibility index (Phi) is 3.55. The molecule has 0 saturated heterocycles. The molecular weight excluding hydrogens is 350 g/mol. The van der Waals surface area contributed by atoms with Gasteiger partial charge in [-0.15, -0.1) is 11.3 Å². The quantitative estimate of drug-likeness (QED) is 0.638. The third kappa shape index (κ3) is 2.59. The Labute approximate surface area is 134 Å². The standard InChI is InChI=1S/C16H12BrNO2S/c1-8-5-9(2)15-10(6-8)11(16(20)18-15)7-12(19)13-3-4-14(17)21-13/h3-7H,1-2H3,(H,18,20). The topological polar surface area (TPSA) is 46.2 Å². The van der Waals surface area contributed by atoms with E-state index in [0.717, 1.165) is 26.2 Å². The number of anilines is 1. The van der Waals surface area contributed by atoms with Crippen LogP contribution in [0.2, 0.25) is 0 Å². The van der Waals surface area contributed by atoms with Crippen LogP contribution < -0.4 is 5.32 Å². The average Bonchev–Trinajstić information content (AvgIpc) is 2.96. The van der Waals surface area contributed by atoms with Gasteiger partial charge in [-0.3, -0.25) is 9.59 Å². The third-order valence-corrected chi connectivity index (χ3v) is 4.98. The Bertz CT molecular complexity index is 805. The van der Waals surface area contributed by atoms with E-state index < -0.39 is 0 Å². The first kappa shape index (κ1) is 14.2. The summed E-state index contributed by atoms with van der Waals surface area (Å²) in [4.78, 5) is 25.0. The Morgan fingerprint density at radius 2 is 2.05 bits per heavy atom. The van der Waals surface area contributed by atoms with E-state index in [2.05, 4.69) is 21.2 Å². The molecule has 2 aromatic rings. The first-order valence-electron chi connectivity index (χ1n) is 6.40. The number of halogens is 1. The van der Waals surface area contributed by atoms with Crippen molar-refractivity contribution in [2.75, 3.05) is 5.32 Å². The lowest BCUT2D eigenvalue weighted by molar-refractivity contribution is -0.110. The minimum Gasteiger partial charge on any atom is -0.321 e. The van der Waals surface area contributed by atoms with E-state index in [1.165, 1.54) is 17.4 Å². The van der Waals surface area contributed by atoms with Crippen molar-refractivity contribution in [1.82, 2.24) is 0 Å². The fraction of sp³-hybridized carbons (Fsp3) is 0.125. The lowest BCUT2D eigenvalue weighted by atomic mass is 10.00. The predicted molar refractivity (Wildman–Crippen MR) is 88.9 cm³/mol. The number of benzene rings is 1. The molecule has 0 spiro atoms. The van der Waals surface area contributed by atoms with Gasteiger partial charge in [-0.25, -0.2) is 0 Å². The first-order valence-corrected chi connectivity index (χ1v) is 8.01.